The molecule has 1 aliphatic heterocycles. The van der Waals surface area contributed by atoms with Crippen LogP contribution in [-0.4, -0.2) is 25.8 Å². The van der Waals surface area contributed by atoms with E-state index in [1.165, 1.54) is 19.3 Å². The Morgan fingerprint density at radius 2 is 1.73 bits per heavy atom. The normalized spacial score (nSPS) is 17.3. The van der Waals surface area contributed by atoms with Gasteiger partial charge in [-0.3, -0.25) is 0 Å². The summed E-state index contributed by atoms with van der Waals surface area (Å²) >= 11 is 0. The van der Waals surface area contributed by atoms with Crippen LogP contribution in [-0.2, 0) is 4.76 Å². The largest absolute Gasteiger partial charge is 0.538 e. The lowest BCUT2D eigenvalue weighted by Gasteiger charge is -2.25. The molecule has 2 rings (SSSR count). The molecule has 0 saturated carbocycles. The Morgan fingerprint density at radius 3 is 2.47 bits per heavy atom. The van der Waals surface area contributed by atoms with Crippen LogP contribution in [0.25, 0.3) is 0 Å². The van der Waals surface area contributed by atoms with Gasteiger partial charge in [-0.25, -0.2) is 5.06 Å². The average Bonchev–Trinajstić information content (AvgIpc) is 2.32. The molecule has 0 aromatic heterocycles. The molecule has 0 amide bonds. The van der Waals surface area contributed by atoms with Crippen molar-refractivity contribution in [2.75, 3.05) is 13.1 Å². The van der Waals surface area contributed by atoms with Crippen LogP contribution in [0.3, 0.4) is 0 Å². The van der Waals surface area contributed by atoms with Gasteiger partial charge in [0.05, 0.1) is 0 Å². The Morgan fingerprint density at radius 1 is 1.00 bits per heavy atom. The molecule has 15 heavy (non-hydrogen) atoms. The molecule has 1 fully saturated rings. The maximum atomic E-state index is 5.50. The zero-order valence-corrected chi connectivity index (χ0v) is 8.89. The molecule has 80 valence electrons. The summed E-state index contributed by atoms with van der Waals surface area (Å²) in [4.78, 5) is 0. The molecule has 0 unspecified atom stereocenters. The first-order valence-electron chi connectivity index (χ1n) is 5.51. The van der Waals surface area contributed by atoms with Crippen molar-refractivity contribution in [3.63, 3.8) is 0 Å². The minimum absolute atomic E-state index is 0.310. The van der Waals surface area contributed by atoms with Crippen LogP contribution < -0.4 is 4.65 Å². The van der Waals surface area contributed by atoms with Gasteiger partial charge in [-0.1, -0.05) is 24.6 Å². The predicted octanol–water partition coefficient (Wildman–Crippen LogP) is 1.75. The van der Waals surface area contributed by atoms with Crippen LogP contribution >= 0.6 is 0 Å². The summed E-state index contributed by atoms with van der Waals surface area (Å²) in [6.07, 6.45) is 3.77. The molecule has 1 aromatic rings. The van der Waals surface area contributed by atoms with E-state index in [2.05, 4.69) is 0 Å². The third-order valence-corrected chi connectivity index (χ3v) is 2.52. The van der Waals surface area contributed by atoms with Crippen molar-refractivity contribution >= 4 is 7.69 Å². The van der Waals surface area contributed by atoms with Gasteiger partial charge in [0.25, 0.3) is 0 Å². The Bertz CT molecular complexity index is 275. The number of benzene rings is 1. The number of rotatable bonds is 4. The van der Waals surface area contributed by atoms with Gasteiger partial charge < -0.3 is 9.41 Å². The summed E-state index contributed by atoms with van der Waals surface area (Å²) in [6.45, 7) is 2.05. The van der Waals surface area contributed by atoms with Gasteiger partial charge >= 0.3 is 7.69 Å². The van der Waals surface area contributed by atoms with E-state index in [4.69, 9.17) is 9.41 Å². The molecular formula is C11H16BNO2. The SMILES string of the molecule is B(Oc1ccccc1)ON1CCCCC1. The molecule has 0 radical (unpaired) electrons. The molecule has 1 aromatic carbocycles. The maximum absolute atomic E-state index is 5.50. The minimum atomic E-state index is 0.310. The van der Waals surface area contributed by atoms with Crippen molar-refractivity contribution < 1.29 is 9.41 Å². The van der Waals surface area contributed by atoms with Gasteiger partial charge in [-0.2, -0.15) is 0 Å². The van der Waals surface area contributed by atoms with Crippen LogP contribution in [0.2, 0.25) is 0 Å². The first kappa shape index (κ1) is 10.5. The van der Waals surface area contributed by atoms with Gasteiger partial charge in [0.15, 0.2) is 0 Å². The third-order valence-electron chi connectivity index (χ3n) is 2.52. The first-order chi connectivity index (χ1) is 7.45. The average molecular weight is 205 g/mol. The Balaban J connectivity index is 1.66. The summed E-state index contributed by atoms with van der Waals surface area (Å²) in [5, 5.41) is 1.99. The van der Waals surface area contributed by atoms with E-state index in [1.807, 2.05) is 35.4 Å². The number of hydroxylamine groups is 2. The van der Waals surface area contributed by atoms with E-state index < -0.39 is 0 Å². The van der Waals surface area contributed by atoms with E-state index in [-0.39, 0.29) is 0 Å². The fourth-order valence-electron chi connectivity index (χ4n) is 1.68. The fourth-order valence-corrected chi connectivity index (χ4v) is 1.68. The highest BCUT2D eigenvalue weighted by atomic mass is 16.7. The number of piperidine rings is 1. The lowest BCUT2D eigenvalue weighted by Crippen LogP contribution is -2.32. The summed E-state index contributed by atoms with van der Waals surface area (Å²) in [7, 11) is 0.310. The van der Waals surface area contributed by atoms with E-state index in [0.717, 1.165) is 18.8 Å². The fraction of sp³-hybridized carbons (Fsp3) is 0.455. The first-order valence-corrected chi connectivity index (χ1v) is 5.51. The zero-order chi connectivity index (χ0) is 10.3. The Kier molecular flexibility index (Phi) is 4.05. The number of hydrogen-bond acceptors (Lipinski definition) is 3. The second-order valence-corrected chi connectivity index (χ2v) is 3.69. The molecule has 1 saturated heterocycles. The lowest BCUT2D eigenvalue weighted by atomic mass is 10.2. The van der Waals surface area contributed by atoms with Crippen molar-refractivity contribution in [3.05, 3.63) is 30.3 Å². The second kappa shape index (κ2) is 5.78. The highest BCUT2D eigenvalue weighted by Crippen LogP contribution is 2.10. The van der Waals surface area contributed by atoms with Gasteiger partial charge in [0, 0.05) is 13.1 Å². The van der Waals surface area contributed by atoms with Crippen LogP contribution in [0.5, 0.6) is 5.75 Å². The van der Waals surface area contributed by atoms with Crippen LogP contribution in [0, 0.1) is 0 Å². The van der Waals surface area contributed by atoms with E-state index in [1.54, 1.807) is 0 Å². The summed E-state index contributed by atoms with van der Waals surface area (Å²) in [6, 6.07) is 9.74. The molecule has 4 heteroatoms. The standard InChI is InChI=1S/C11H16BNO2/c1-3-7-11(8-4-1)14-12-15-13-9-5-2-6-10-13/h1,3-4,7-8,12H,2,5-6,9-10H2. The summed E-state index contributed by atoms with van der Waals surface area (Å²) in [5.41, 5.74) is 0. The monoisotopic (exact) mass is 205 g/mol. The molecule has 3 nitrogen and oxygen atoms in total. The van der Waals surface area contributed by atoms with Crippen molar-refractivity contribution in [1.29, 1.82) is 0 Å². The number of nitrogens with zero attached hydrogens (tertiary/aromatic N) is 1. The smallest absolute Gasteiger partial charge is 0.524 e. The molecule has 0 aliphatic carbocycles. The van der Waals surface area contributed by atoms with Gasteiger partial charge in [-0.15, -0.1) is 0 Å². The highest BCUT2D eigenvalue weighted by molar-refractivity contribution is 6.19. The van der Waals surface area contributed by atoms with Crippen molar-refractivity contribution in [3.8, 4) is 5.75 Å². The number of para-hydroxylation sites is 1. The van der Waals surface area contributed by atoms with Crippen molar-refractivity contribution in [1.82, 2.24) is 5.06 Å². The van der Waals surface area contributed by atoms with Crippen LogP contribution in [0.1, 0.15) is 19.3 Å². The summed E-state index contributed by atoms with van der Waals surface area (Å²) < 4.78 is 10.9. The second-order valence-electron chi connectivity index (χ2n) is 3.69. The third kappa shape index (κ3) is 3.57. The molecule has 0 bridgehead atoms. The molecule has 0 N–H and O–H groups in total. The molecule has 1 aliphatic rings. The van der Waals surface area contributed by atoms with Gasteiger partial charge in [-0.05, 0) is 25.0 Å². The quantitative estimate of drug-likeness (QED) is 0.699. The molecular weight excluding hydrogens is 189 g/mol. The summed E-state index contributed by atoms with van der Waals surface area (Å²) in [5.74, 6) is 0.856. The molecule has 1 heterocycles. The topological polar surface area (TPSA) is 21.7 Å². The zero-order valence-electron chi connectivity index (χ0n) is 8.89. The Hall–Kier alpha value is -0.995. The maximum Gasteiger partial charge on any atom is 0.524 e. The van der Waals surface area contributed by atoms with Crippen LogP contribution in [0.4, 0.5) is 0 Å². The van der Waals surface area contributed by atoms with E-state index in [9.17, 15) is 0 Å². The van der Waals surface area contributed by atoms with Crippen molar-refractivity contribution in [2.24, 2.45) is 0 Å². The molecule has 0 atom stereocenters. The minimum Gasteiger partial charge on any atom is -0.538 e. The Labute approximate surface area is 91.2 Å². The highest BCUT2D eigenvalue weighted by Gasteiger charge is 2.11. The van der Waals surface area contributed by atoms with Gasteiger partial charge in [0.1, 0.15) is 5.75 Å². The lowest BCUT2D eigenvalue weighted by molar-refractivity contribution is -0.0801. The molecule has 0 spiro atoms. The number of hydrogen-bond donors (Lipinski definition) is 0. The van der Waals surface area contributed by atoms with Gasteiger partial charge in [0.2, 0.25) is 0 Å². The predicted molar refractivity (Wildman–Crippen MR) is 60.7 cm³/mol. The van der Waals surface area contributed by atoms with Crippen molar-refractivity contribution in [2.45, 2.75) is 19.3 Å². The van der Waals surface area contributed by atoms with E-state index >= 15 is 0 Å². The van der Waals surface area contributed by atoms with Crippen LogP contribution in [0.15, 0.2) is 30.3 Å². The van der Waals surface area contributed by atoms with E-state index in [0.29, 0.717) is 7.69 Å².